The van der Waals surface area contributed by atoms with Crippen LogP contribution in [0.1, 0.15) is 16.8 Å². The van der Waals surface area contributed by atoms with E-state index in [1.54, 1.807) is 6.20 Å². The average molecular weight is 282 g/mol. The third-order valence-electron chi connectivity index (χ3n) is 2.82. The summed E-state index contributed by atoms with van der Waals surface area (Å²) in [6.45, 7) is 2.64. The third-order valence-corrected chi connectivity index (χ3v) is 2.82. The van der Waals surface area contributed by atoms with Gasteiger partial charge < -0.3 is 10.1 Å². The first-order valence-corrected chi connectivity index (χ1v) is 6.78. The molecule has 108 valence electrons. The van der Waals surface area contributed by atoms with E-state index in [-0.39, 0.29) is 6.61 Å². The topological polar surface area (TPSA) is 51.2 Å². The SMILES string of the molecule is Cc1ccc(C=CCNC(=O)OCc2ccccc2)cn1. The van der Waals surface area contributed by atoms with E-state index in [0.29, 0.717) is 6.54 Å². The predicted molar refractivity (Wildman–Crippen MR) is 82.6 cm³/mol. The highest BCUT2D eigenvalue weighted by atomic mass is 16.5. The van der Waals surface area contributed by atoms with Crippen LogP contribution in [0.2, 0.25) is 0 Å². The molecule has 1 aromatic heterocycles. The van der Waals surface area contributed by atoms with Gasteiger partial charge in [-0.3, -0.25) is 4.98 Å². The summed E-state index contributed by atoms with van der Waals surface area (Å²) in [5.41, 5.74) is 2.95. The van der Waals surface area contributed by atoms with E-state index < -0.39 is 6.09 Å². The molecule has 1 amide bonds. The summed E-state index contributed by atoms with van der Waals surface area (Å²) in [6.07, 6.45) is 5.13. The zero-order chi connectivity index (χ0) is 14.9. The number of alkyl carbamates (subject to hydrolysis) is 1. The standard InChI is InChI=1S/C17H18N2O2/c1-14-9-10-15(12-19-14)8-5-11-18-17(20)21-13-16-6-3-2-4-7-16/h2-10,12H,11,13H2,1H3,(H,18,20). The smallest absolute Gasteiger partial charge is 0.407 e. The lowest BCUT2D eigenvalue weighted by Gasteiger charge is -2.05. The third kappa shape index (κ3) is 5.48. The lowest BCUT2D eigenvalue weighted by molar-refractivity contribution is 0.141. The number of aromatic nitrogens is 1. The summed E-state index contributed by atoms with van der Waals surface area (Å²) in [4.78, 5) is 15.7. The number of hydrogen-bond donors (Lipinski definition) is 1. The molecule has 2 rings (SSSR count). The zero-order valence-electron chi connectivity index (χ0n) is 12.0. The van der Waals surface area contributed by atoms with Crippen molar-refractivity contribution >= 4 is 12.2 Å². The number of aryl methyl sites for hydroxylation is 1. The molecule has 1 aromatic carbocycles. The molecule has 21 heavy (non-hydrogen) atoms. The van der Waals surface area contributed by atoms with Crippen molar-refractivity contribution in [2.75, 3.05) is 6.54 Å². The quantitative estimate of drug-likeness (QED) is 0.915. The van der Waals surface area contributed by atoms with Gasteiger partial charge in [0.15, 0.2) is 0 Å². The van der Waals surface area contributed by atoms with Gasteiger partial charge >= 0.3 is 6.09 Å². The molecule has 0 aliphatic rings. The summed E-state index contributed by atoms with van der Waals surface area (Å²) in [5, 5.41) is 2.67. The van der Waals surface area contributed by atoms with Gasteiger partial charge in [0.1, 0.15) is 6.61 Å². The number of ether oxygens (including phenoxy) is 1. The summed E-state index contributed by atoms with van der Waals surface area (Å²) in [6, 6.07) is 13.5. The van der Waals surface area contributed by atoms with Crippen LogP contribution < -0.4 is 5.32 Å². The molecule has 0 bridgehead atoms. The number of carbonyl (C=O) groups is 1. The molecule has 0 spiro atoms. The van der Waals surface area contributed by atoms with Crippen molar-refractivity contribution < 1.29 is 9.53 Å². The van der Waals surface area contributed by atoms with Crippen LogP contribution in [0.3, 0.4) is 0 Å². The molecule has 0 aliphatic carbocycles. The monoisotopic (exact) mass is 282 g/mol. The van der Waals surface area contributed by atoms with Crippen molar-refractivity contribution in [1.82, 2.24) is 10.3 Å². The van der Waals surface area contributed by atoms with Crippen LogP contribution in [0.25, 0.3) is 6.08 Å². The molecule has 1 heterocycles. The van der Waals surface area contributed by atoms with Gasteiger partial charge in [0.05, 0.1) is 0 Å². The second-order valence-corrected chi connectivity index (χ2v) is 4.58. The molecule has 0 saturated heterocycles. The Morgan fingerprint density at radius 2 is 2.05 bits per heavy atom. The Kier molecular flexibility index (Phi) is 5.52. The van der Waals surface area contributed by atoms with Crippen LogP contribution in [0.5, 0.6) is 0 Å². The van der Waals surface area contributed by atoms with E-state index in [9.17, 15) is 4.79 Å². The Balaban J connectivity index is 1.68. The van der Waals surface area contributed by atoms with E-state index in [0.717, 1.165) is 16.8 Å². The number of benzene rings is 1. The van der Waals surface area contributed by atoms with E-state index in [1.165, 1.54) is 0 Å². The van der Waals surface area contributed by atoms with Gasteiger partial charge in [-0.2, -0.15) is 0 Å². The summed E-state index contributed by atoms with van der Waals surface area (Å²) >= 11 is 0. The maximum atomic E-state index is 11.5. The highest BCUT2D eigenvalue weighted by Gasteiger charge is 1.99. The van der Waals surface area contributed by atoms with Crippen molar-refractivity contribution in [2.45, 2.75) is 13.5 Å². The second kappa shape index (κ2) is 7.85. The van der Waals surface area contributed by atoms with Gasteiger partial charge in [-0.05, 0) is 24.1 Å². The summed E-state index contributed by atoms with van der Waals surface area (Å²) < 4.78 is 5.10. The predicted octanol–water partition coefficient (Wildman–Crippen LogP) is 3.33. The molecular formula is C17H18N2O2. The largest absolute Gasteiger partial charge is 0.445 e. The average Bonchev–Trinajstić information content (AvgIpc) is 2.52. The van der Waals surface area contributed by atoms with Crippen molar-refractivity contribution in [3.8, 4) is 0 Å². The number of pyridine rings is 1. The van der Waals surface area contributed by atoms with Crippen LogP contribution in [-0.4, -0.2) is 17.6 Å². The molecule has 0 saturated carbocycles. The lowest BCUT2D eigenvalue weighted by atomic mass is 10.2. The fourth-order valence-electron chi connectivity index (χ4n) is 1.69. The molecule has 1 N–H and O–H groups in total. The molecule has 0 aliphatic heterocycles. The van der Waals surface area contributed by atoms with Gasteiger partial charge in [-0.15, -0.1) is 0 Å². The second-order valence-electron chi connectivity index (χ2n) is 4.58. The maximum Gasteiger partial charge on any atom is 0.407 e. The van der Waals surface area contributed by atoms with E-state index >= 15 is 0 Å². The fraction of sp³-hybridized carbons (Fsp3) is 0.176. The molecule has 2 aromatic rings. The highest BCUT2D eigenvalue weighted by molar-refractivity contribution is 5.67. The molecular weight excluding hydrogens is 264 g/mol. The maximum absolute atomic E-state index is 11.5. The van der Waals surface area contributed by atoms with E-state index in [4.69, 9.17) is 4.74 Å². The van der Waals surface area contributed by atoms with Crippen LogP contribution in [-0.2, 0) is 11.3 Å². The van der Waals surface area contributed by atoms with Crippen molar-refractivity contribution in [3.05, 3.63) is 71.6 Å². The Morgan fingerprint density at radius 3 is 2.76 bits per heavy atom. The number of amides is 1. The van der Waals surface area contributed by atoms with Gasteiger partial charge in [0.2, 0.25) is 0 Å². The van der Waals surface area contributed by atoms with Gasteiger partial charge in [-0.1, -0.05) is 48.6 Å². The number of nitrogens with zero attached hydrogens (tertiary/aromatic N) is 1. The van der Waals surface area contributed by atoms with Gasteiger partial charge in [0.25, 0.3) is 0 Å². The number of hydrogen-bond acceptors (Lipinski definition) is 3. The Labute approximate surface area is 124 Å². The van der Waals surface area contributed by atoms with Crippen LogP contribution in [0, 0.1) is 6.92 Å². The minimum absolute atomic E-state index is 0.276. The number of carbonyl (C=O) groups excluding carboxylic acids is 1. The van der Waals surface area contributed by atoms with E-state index in [1.807, 2.05) is 61.5 Å². The van der Waals surface area contributed by atoms with Crippen LogP contribution in [0.15, 0.2) is 54.7 Å². The molecule has 0 atom stereocenters. The first kappa shape index (κ1) is 14.8. The minimum Gasteiger partial charge on any atom is -0.445 e. The van der Waals surface area contributed by atoms with Crippen molar-refractivity contribution in [1.29, 1.82) is 0 Å². The molecule has 0 unspecified atom stereocenters. The zero-order valence-corrected chi connectivity index (χ0v) is 12.0. The minimum atomic E-state index is -0.425. The number of nitrogens with one attached hydrogen (secondary N) is 1. The number of rotatable bonds is 5. The van der Waals surface area contributed by atoms with E-state index in [2.05, 4.69) is 10.3 Å². The Bertz CT molecular complexity index is 592. The summed E-state index contributed by atoms with van der Waals surface area (Å²) in [7, 11) is 0. The first-order chi connectivity index (χ1) is 10.2. The van der Waals surface area contributed by atoms with Gasteiger partial charge in [0, 0.05) is 18.4 Å². The highest BCUT2D eigenvalue weighted by Crippen LogP contribution is 2.02. The van der Waals surface area contributed by atoms with Crippen molar-refractivity contribution in [3.63, 3.8) is 0 Å². The first-order valence-electron chi connectivity index (χ1n) is 6.78. The Hall–Kier alpha value is -2.62. The lowest BCUT2D eigenvalue weighted by Crippen LogP contribution is -2.24. The van der Waals surface area contributed by atoms with Crippen LogP contribution >= 0.6 is 0 Å². The normalized spacial score (nSPS) is 10.5. The fourth-order valence-corrected chi connectivity index (χ4v) is 1.69. The molecule has 4 nitrogen and oxygen atoms in total. The van der Waals surface area contributed by atoms with Crippen LogP contribution in [0.4, 0.5) is 4.79 Å². The molecule has 0 radical (unpaired) electrons. The summed E-state index contributed by atoms with van der Waals surface area (Å²) in [5.74, 6) is 0. The van der Waals surface area contributed by atoms with Gasteiger partial charge in [-0.25, -0.2) is 4.79 Å². The van der Waals surface area contributed by atoms with Crippen molar-refractivity contribution in [2.24, 2.45) is 0 Å². The molecule has 4 heteroatoms. The Morgan fingerprint density at radius 1 is 1.24 bits per heavy atom. The molecule has 0 fully saturated rings.